The Hall–Kier alpha value is 0.190. The van der Waals surface area contributed by atoms with Crippen molar-refractivity contribution in [3.8, 4) is 0 Å². The molecule has 3 nitrogen and oxygen atoms in total. The van der Waals surface area contributed by atoms with Crippen LogP contribution in [0.4, 0.5) is 5.69 Å². The molecule has 0 aliphatic heterocycles. The molecule has 0 saturated carbocycles. The van der Waals surface area contributed by atoms with Crippen LogP contribution < -0.4 is 3.53 Å². The summed E-state index contributed by atoms with van der Waals surface area (Å²) in [5.74, 6) is 0. The molecule has 0 radical (unpaired) electrons. The van der Waals surface area contributed by atoms with Crippen LogP contribution >= 0.6 is 46.1 Å². The van der Waals surface area contributed by atoms with Gasteiger partial charge >= 0.3 is 0 Å². The molecule has 0 amide bonds. The topological polar surface area (TPSA) is 37.8 Å². The molecule has 0 unspecified atom stereocenters. The van der Waals surface area contributed by atoms with Crippen molar-refractivity contribution in [3.05, 3.63) is 16.4 Å². The second-order valence-electron chi connectivity index (χ2n) is 1.45. The maximum atomic E-state index is 5.68. The van der Waals surface area contributed by atoms with E-state index in [2.05, 4.69) is 13.7 Å². The molecule has 1 aromatic heterocycles. The summed E-state index contributed by atoms with van der Waals surface area (Å²) in [6.45, 7) is 0. The van der Waals surface area contributed by atoms with Crippen molar-refractivity contribution < 1.29 is 0 Å². The third kappa shape index (κ3) is 1.62. The van der Waals surface area contributed by atoms with Gasteiger partial charge in [-0.3, -0.25) is 0 Å². The van der Waals surface area contributed by atoms with E-state index < -0.39 is 0 Å². The first-order valence-corrected chi connectivity index (χ1v) is 4.12. The summed E-state index contributed by atoms with van der Waals surface area (Å²) in [5.41, 5.74) is 0.596. The van der Waals surface area contributed by atoms with E-state index in [0.29, 0.717) is 10.7 Å². The molecule has 1 N–H and O–H groups in total. The van der Waals surface area contributed by atoms with Crippen molar-refractivity contribution in [2.24, 2.45) is 0 Å². The van der Waals surface area contributed by atoms with Gasteiger partial charge in [0.2, 0.25) is 0 Å². The third-order valence-electron chi connectivity index (χ3n) is 0.856. The Morgan fingerprint density at radius 2 is 2.20 bits per heavy atom. The van der Waals surface area contributed by atoms with Gasteiger partial charge in [0.15, 0.2) is 5.15 Å². The van der Waals surface area contributed by atoms with Gasteiger partial charge in [-0.2, -0.15) is 5.10 Å². The molecule has 0 bridgehead atoms. The second-order valence-corrected chi connectivity index (χ2v) is 2.76. The van der Waals surface area contributed by atoms with Gasteiger partial charge in [0.25, 0.3) is 0 Å². The van der Waals surface area contributed by atoms with Crippen LogP contribution in [0.3, 0.4) is 0 Å². The van der Waals surface area contributed by atoms with E-state index >= 15 is 0 Å². The summed E-state index contributed by atoms with van der Waals surface area (Å²) in [7, 11) is 0. The zero-order valence-electron chi connectivity index (χ0n) is 4.61. The number of halogens is 3. The van der Waals surface area contributed by atoms with Gasteiger partial charge in [-0.15, -0.1) is 5.10 Å². The second kappa shape index (κ2) is 3.54. The zero-order chi connectivity index (χ0) is 7.56. The van der Waals surface area contributed by atoms with Gasteiger partial charge in [0.05, 0.1) is 34.1 Å². The van der Waals surface area contributed by atoms with Crippen LogP contribution in [0.25, 0.3) is 0 Å². The van der Waals surface area contributed by atoms with Crippen molar-refractivity contribution in [3.63, 3.8) is 0 Å². The standard InChI is InChI=1S/C4H2Cl2IN3/c5-2-1-8-10-4(6)3(2)9-7/h1H,(H,8,9). The zero-order valence-corrected chi connectivity index (χ0v) is 8.28. The number of nitrogens with zero attached hydrogens (tertiary/aromatic N) is 2. The van der Waals surface area contributed by atoms with E-state index in [1.807, 2.05) is 22.9 Å². The molecule has 0 spiro atoms. The highest BCUT2D eigenvalue weighted by molar-refractivity contribution is 14.1. The summed E-state index contributed by atoms with van der Waals surface area (Å²) < 4.78 is 2.77. The molecular formula is C4H2Cl2IN3. The molecule has 1 heterocycles. The Kier molecular flexibility index (Phi) is 2.94. The van der Waals surface area contributed by atoms with Gasteiger partial charge in [-0.05, 0) is 0 Å². The highest BCUT2D eigenvalue weighted by Gasteiger charge is 2.04. The van der Waals surface area contributed by atoms with Gasteiger partial charge in [0.1, 0.15) is 5.69 Å². The molecule has 1 aromatic rings. The fraction of sp³-hybridized carbons (Fsp3) is 0. The van der Waals surface area contributed by atoms with Gasteiger partial charge in [0, 0.05) is 0 Å². The van der Waals surface area contributed by atoms with E-state index in [9.17, 15) is 0 Å². The molecule has 1 rings (SSSR count). The van der Waals surface area contributed by atoms with Crippen LogP contribution in [0, 0.1) is 0 Å². The molecule has 10 heavy (non-hydrogen) atoms. The molecule has 54 valence electrons. The number of nitrogens with one attached hydrogen (secondary N) is 1. The Bertz CT molecular complexity index is 222. The highest BCUT2D eigenvalue weighted by Crippen LogP contribution is 2.27. The lowest BCUT2D eigenvalue weighted by atomic mass is 10.5. The fourth-order valence-corrected chi connectivity index (χ4v) is 1.71. The third-order valence-corrected chi connectivity index (χ3v) is 1.95. The summed E-state index contributed by atoms with van der Waals surface area (Å²) in [6, 6.07) is 0. The maximum Gasteiger partial charge on any atom is 0.176 e. The maximum absolute atomic E-state index is 5.68. The summed E-state index contributed by atoms with van der Waals surface area (Å²) in [4.78, 5) is 0. The first-order chi connectivity index (χ1) is 4.75. The number of hydrogen-bond acceptors (Lipinski definition) is 3. The van der Waals surface area contributed by atoms with E-state index in [1.54, 1.807) is 0 Å². The first kappa shape index (κ1) is 8.29. The van der Waals surface area contributed by atoms with E-state index in [-0.39, 0.29) is 5.15 Å². The predicted octanol–water partition coefficient (Wildman–Crippen LogP) is 2.55. The molecular weight excluding hydrogens is 288 g/mol. The van der Waals surface area contributed by atoms with Crippen LogP contribution in [-0.2, 0) is 0 Å². The van der Waals surface area contributed by atoms with E-state index in [0.717, 1.165) is 0 Å². The Labute approximate surface area is 81.6 Å². The van der Waals surface area contributed by atoms with Gasteiger partial charge in [-0.1, -0.05) is 23.2 Å². The molecule has 0 saturated heterocycles. The van der Waals surface area contributed by atoms with E-state index in [4.69, 9.17) is 23.2 Å². The van der Waals surface area contributed by atoms with Crippen molar-refractivity contribution in [1.82, 2.24) is 10.2 Å². The Balaban J connectivity index is 3.17. The smallest absolute Gasteiger partial charge is 0.176 e. The van der Waals surface area contributed by atoms with Crippen LogP contribution in [0.15, 0.2) is 6.20 Å². The van der Waals surface area contributed by atoms with Crippen LogP contribution in [-0.4, -0.2) is 10.2 Å². The minimum atomic E-state index is 0.280. The van der Waals surface area contributed by atoms with Gasteiger partial charge < -0.3 is 3.53 Å². The molecule has 0 aliphatic rings. The number of anilines is 1. The quantitative estimate of drug-likeness (QED) is 0.638. The lowest BCUT2D eigenvalue weighted by Gasteiger charge is -1.99. The number of rotatable bonds is 1. The van der Waals surface area contributed by atoms with Crippen molar-refractivity contribution in [2.75, 3.05) is 3.53 Å². The predicted molar refractivity (Wildman–Crippen MR) is 49.7 cm³/mol. The van der Waals surface area contributed by atoms with Crippen LogP contribution in [0.2, 0.25) is 10.2 Å². The number of hydrogen-bond donors (Lipinski definition) is 1. The molecule has 0 aliphatic carbocycles. The normalized spacial score (nSPS) is 9.50. The lowest BCUT2D eigenvalue weighted by molar-refractivity contribution is 1.04. The minimum Gasteiger partial charge on any atom is -0.324 e. The summed E-state index contributed by atoms with van der Waals surface area (Å²) in [6.07, 6.45) is 1.43. The fourth-order valence-electron chi connectivity index (χ4n) is 0.427. The number of aromatic nitrogens is 2. The molecule has 0 aromatic carbocycles. The average molecular weight is 290 g/mol. The van der Waals surface area contributed by atoms with Gasteiger partial charge in [-0.25, -0.2) is 0 Å². The van der Waals surface area contributed by atoms with Crippen molar-refractivity contribution in [1.29, 1.82) is 0 Å². The average Bonchev–Trinajstić information content (AvgIpc) is 1.88. The van der Waals surface area contributed by atoms with Crippen LogP contribution in [0.1, 0.15) is 0 Å². The van der Waals surface area contributed by atoms with Crippen LogP contribution in [0.5, 0.6) is 0 Å². The largest absolute Gasteiger partial charge is 0.324 e. The summed E-state index contributed by atoms with van der Waals surface area (Å²) in [5, 5.41) is 7.86. The SMILES string of the molecule is Clc1cnnc(Cl)c1NI. The summed E-state index contributed by atoms with van der Waals surface area (Å²) >= 11 is 13.2. The minimum absolute atomic E-state index is 0.280. The Morgan fingerprint density at radius 3 is 2.60 bits per heavy atom. The lowest BCUT2D eigenvalue weighted by Crippen LogP contribution is -1.88. The molecule has 6 heteroatoms. The first-order valence-electron chi connectivity index (χ1n) is 2.29. The monoisotopic (exact) mass is 289 g/mol. The molecule has 0 atom stereocenters. The van der Waals surface area contributed by atoms with E-state index in [1.165, 1.54) is 6.20 Å². The Morgan fingerprint density at radius 1 is 1.50 bits per heavy atom. The molecule has 0 fully saturated rings. The van der Waals surface area contributed by atoms with Crippen molar-refractivity contribution >= 4 is 51.8 Å². The highest BCUT2D eigenvalue weighted by atomic mass is 127. The van der Waals surface area contributed by atoms with Crippen molar-refractivity contribution in [2.45, 2.75) is 0 Å².